The van der Waals surface area contributed by atoms with E-state index in [0.717, 1.165) is 19.1 Å². The number of carbonyl (C=O) groups excluding carboxylic acids is 1. The molecule has 1 saturated carbocycles. The van der Waals surface area contributed by atoms with Crippen LogP contribution >= 0.6 is 0 Å². The molecule has 1 aliphatic carbocycles. The lowest BCUT2D eigenvalue weighted by molar-refractivity contribution is -0.143. The third kappa shape index (κ3) is 6.71. The smallest absolute Gasteiger partial charge is 0.315 e. The highest BCUT2D eigenvalue weighted by atomic mass is 32.2. The topological polar surface area (TPSA) is 125 Å². The highest BCUT2D eigenvalue weighted by Gasteiger charge is 2.27. The summed E-state index contributed by atoms with van der Waals surface area (Å²) < 4.78 is 23.9. The molecule has 8 nitrogen and oxygen atoms in total. The highest BCUT2D eigenvalue weighted by Crippen LogP contribution is 2.24. The first-order chi connectivity index (χ1) is 9.28. The molecule has 1 rings (SSSR count). The quantitative estimate of drug-likeness (QED) is 0.491. The van der Waals surface area contributed by atoms with Crippen molar-refractivity contribution in [1.82, 2.24) is 15.4 Å². The van der Waals surface area contributed by atoms with Gasteiger partial charge in [-0.1, -0.05) is 6.42 Å². The van der Waals surface area contributed by atoms with E-state index in [1.807, 2.05) is 0 Å². The van der Waals surface area contributed by atoms with Gasteiger partial charge in [-0.2, -0.15) is 0 Å². The van der Waals surface area contributed by atoms with Crippen molar-refractivity contribution in [1.29, 1.82) is 0 Å². The minimum atomic E-state index is -3.25. The molecule has 0 saturated heterocycles. The van der Waals surface area contributed by atoms with Crippen LogP contribution in [-0.4, -0.2) is 50.9 Å². The zero-order chi connectivity index (χ0) is 15.2. The second-order valence-electron chi connectivity index (χ2n) is 4.97. The fourth-order valence-corrected chi connectivity index (χ4v) is 2.67. The number of amides is 2. The van der Waals surface area contributed by atoms with Gasteiger partial charge in [0, 0.05) is 19.1 Å². The Balaban J connectivity index is 2.23. The maximum Gasteiger partial charge on any atom is 0.315 e. The van der Waals surface area contributed by atoms with Crippen molar-refractivity contribution >= 4 is 22.0 Å². The van der Waals surface area contributed by atoms with Crippen LogP contribution in [0.5, 0.6) is 0 Å². The maximum atomic E-state index is 11.6. The minimum absolute atomic E-state index is 0.120. The molecule has 0 bridgehead atoms. The molecule has 20 heavy (non-hydrogen) atoms. The molecule has 1 fully saturated rings. The Hall–Kier alpha value is -1.35. The van der Waals surface area contributed by atoms with E-state index in [2.05, 4.69) is 15.4 Å². The summed E-state index contributed by atoms with van der Waals surface area (Å²) in [6.07, 6.45) is 3.66. The Morgan fingerprint density at radius 2 is 1.95 bits per heavy atom. The summed E-state index contributed by atoms with van der Waals surface area (Å²) in [7, 11) is -3.25. The lowest BCUT2D eigenvalue weighted by Gasteiger charge is -2.27. The molecule has 0 radical (unpaired) electrons. The summed E-state index contributed by atoms with van der Waals surface area (Å²) in [6, 6.07) is -0.552. The van der Waals surface area contributed by atoms with Gasteiger partial charge in [-0.3, -0.25) is 4.79 Å². The Morgan fingerprint density at radius 1 is 1.25 bits per heavy atom. The highest BCUT2D eigenvalue weighted by molar-refractivity contribution is 7.88. The van der Waals surface area contributed by atoms with Crippen LogP contribution in [0, 0.1) is 5.92 Å². The van der Waals surface area contributed by atoms with Crippen molar-refractivity contribution in [3.05, 3.63) is 0 Å². The van der Waals surface area contributed by atoms with E-state index >= 15 is 0 Å². The number of nitrogens with one attached hydrogen (secondary N) is 3. The third-order valence-electron chi connectivity index (χ3n) is 3.13. The van der Waals surface area contributed by atoms with Crippen molar-refractivity contribution < 1.29 is 23.1 Å². The van der Waals surface area contributed by atoms with Gasteiger partial charge in [-0.15, -0.1) is 0 Å². The lowest BCUT2D eigenvalue weighted by atomic mass is 9.86. The first kappa shape index (κ1) is 16.7. The predicted molar refractivity (Wildman–Crippen MR) is 72.8 cm³/mol. The molecule has 0 aliphatic heterocycles. The summed E-state index contributed by atoms with van der Waals surface area (Å²) in [6.45, 7) is 0.294. The lowest BCUT2D eigenvalue weighted by Crippen LogP contribution is -2.46. The van der Waals surface area contributed by atoms with Crippen LogP contribution < -0.4 is 15.4 Å². The zero-order valence-electron chi connectivity index (χ0n) is 11.4. The van der Waals surface area contributed by atoms with Gasteiger partial charge in [-0.25, -0.2) is 17.9 Å². The standard InChI is InChI=1S/C11H21N3O5S/c1-20(18,19)13-6-5-12-11(17)14-9-4-2-3-8(7-9)10(15)16/h8-9,13H,2-7H2,1H3,(H,15,16)(H2,12,14,17). The third-order valence-corrected chi connectivity index (χ3v) is 3.86. The maximum absolute atomic E-state index is 11.6. The van der Waals surface area contributed by atoms with Crippen LogP contribution in [0.25, 0.3) is 0 Å². The molecule has 0 aromatic carbocycles. The van der Waals surface area contributed by atoms with E-state index in [1.165, 1.54) is 0 Å². The molecule has 0 aromatic heterocycles. The van der Waals surface area contributed by atoms with Crippen LogP contribution in [0.3, 0.4) is 0 Å². The zero-order valence-corrected chi connectivity index (χ0v) is 12.2. The molecule has 1 aliphatic rings. The first-order valence-electron chi connectivity index (χ1n) is 6.50. The van der Waals surface area contributed by atoms with Gasteiger partial charge in [0.25, 0.3) is 0 Å². The van der Waals surface area contributed by atoms with Crippen molar-refractivity contribution in [2.45, 2.75) is 31.7 Å². The number of hydrogen-bond acceptors (Lipinski definition) is 4. The number of carbonyl (C=O) groups is 2. The summed E-state index contributed by atoms with van der Waals surface area (Å²) in [5.41, 5.74) is 0. The van der Waals surface area contributed by atoms with Gasteiger partial charge in [0.1, 0.15) is 0 Å². The van der Waals surface area contributed by atoms with Gasteiger partial charge >= 0.3 is 12.0 Å². The van der Waals surface area contributed by atoms with Crippen molar-refractivity contribution in [3.8, 4) is 0 Å². The second-order valence-corrected chi connectivity index (χ2v) is 6.80. The molecule has 0 aromatic rings. The average Bonchev–Trinajstić information content (AvgIpc) is 2.34. The molecule has 2 atom stereocenters. The molecular weight excluding hydrogens is 286 g/mol. The summed E-state index contributed by atoms with van der Waals surface area (Å²) in [4.78, 5) is 22.5. The van der Waals surface area contributed by atoms with Crippen LogP contribution in [0.2, 0.25) is 0 Å². The van der Waals surface area contributed by atoms with Gasteiger partial charge in [0.15, 0.2) is 0 Å². The number of rotatable bonds is 6. The average molecular weight is 307 g/mol. The van der Waals surface area contributed by atoms with E-state index in [9.17, 15) is 18.0 Å². The molecule has 0 spiro atoms. The van der Waals surface area contributed by atoms with Gasteiger partial charge in [0.05, 0.1) is 12.2 Å². The minimum Gasteiger partial charge on any atom is -0.481 e. The van der Waals surface area contributed by atoms with Gasteiger partial charge in [0.2, 0.25) is 10.0 Å². The molecule has 4 N–H and O–H groups in total. The summed E-state index contributed by atoms with van der Waals surface area (Å²) in [5, 5.41) is 14.2. The van der Waals surface area contributed by atoms with E-state index in [1.54, 1.807) is 0 Å². The number of aliphatic carboxylic acids is 1. The summed E-state index contributed by atoms with van der Waals surface area (Å²) >= 11 is 0. The SMILES string of the molecule is CS(=O)(=O)NCCNC(=O)NC1CCCC(C(=O)O)C1. The first-order valence-corrected chi connectivity index (χ1v) is 8.39. The number of sulfonamides is 1. The molecule has 2 unspecified atom stereocenters. The Labute approximate surface area is 118 Å². The van der Waals surface area contributed by atoms with Gasteiger partial charge in [-0.05, 0) is 19.3 Å². The molecular formula is C11H21N3O5S. The van der Waals surface area contributed by atoms with E-state index in [-0.39, 0.29) is 19.1 Å². The van der Waals surface area contributed by atoms with E-state index in [0.29, 0.717) is 12.8 Å². The van der Waals surface area contributed by atoms with E-state index < -0.39 is 27.9 Å². The van der Waals surface area contributed by atoms with Crippen LogP contribution in [0.4, 0.5) is 4.79 Å². The predicted octanol–water partition coefficient (Wildman–Crippen LogP) is -0.522. The monoisotopic (exact) mass is 307 g/mol. The Kier molecular flexibility index (Phi) is 6.21. The van der Waals surface area contributed by atoms with E-state index in [4.69, 9.17) is 5.11 Å². The number of carboxylic acids is 1. The Bertz CT molecular complexity index is 451. The second kappa shape index (κ2) is 7.44. The molecule has 0 heterocycles. The number of carboxylic acid groups (broad SMARTS) is 1. The van der Waals surface area contributed by atoms with Crippen LogP contribution in [0.15, 0.2) is 0 Å². The fraction of sp³-hybridized carbons (Fsp3) is 0.818. The van der Waals surface area contributed by atoms with Gasteiger partial charge < -0.3 is 15.7 Å². The largest absolute Gasteiger partial charge is 0.481 e. The Morgan fingerprint density at radius 3 is 2.55 bits per heavy atom. The van der Waals surface area contributed by atoms with Crippen molar-refractivity contribution in [2.75, 3.05) is 19.3 Å². The van der Waals surface area contributed by atoms with Crippen molar-refractivity contribution in [2.24, 2.45) is 5.92 Å². The number of hydrogen-bond donors (Lipinski definition) is 4. The molecule has 9 heteroatoms. The number of urea groups is 1. The molecule has 2 amide bonds. The van der Waals surface area contributed by atoms with Crippen LogP contribution in [-0.2, 0) is 14.8 Å². The molecule has 116 valence electrons. The van der Waals surface area contributed by atoms with Crippen LogP contribution in [0.1, 0.15) is 25.7 Å². The fourth-order valence-electron chi connectivity index (χ4n) is 2.19. The summed E-state index contributed by atoms with van der Waals surface area (Å²) in [5.74, 6) is -1.23. The van der Waals surface area contributed by atoms with Crippen molar-refractivity contribution in [3.63, 3.8) is 0 Å². The normalized spacial score (nSPS) is 23.1.